The third-order valence-electron chi connectivity index (χ3n) is 6.40. The number of hydrogen-bond donors (Lipinski definition) is 1. The highest BCUT2D eigenvalue weighted by molar-refractivity contribution is 7.15. The maximum atomic E-state index is 13.6. The van der Waals surface area contributed by atoms with Crippen molar-refractivity contribution in [2.75, 3.05) is 31.7 Å². The van der Waals surface area contributed by atoms with Crippen LogP contribution in [0.4, 0.5) is 5.69 Å². The number of rotatable bonds is 6. The van der Waals surface area contributed by atoms with Gasteiger partial charge in [0.2, 0.25) is 11.8 Å². The molecular formula is C26H36N2O5S. The van der Waals surface area contributed by atoms with E-state index in [1.165, 1.54) is 4.90 Å². The molecule has 7 nitrogen and oxygen atoms in total. The molecule has 1 aliphatic carbocycles. The Kier molecular flexibility index (Phi) is 8.78. The second-order valence-corrected chi connectivity index (χ2v) is 11.3. The molecule has 0 atom stereocenters. The van der Waals surface area contributed by atoms with Crippen LogP contribution in [-0.2, 0) is 14.3 Å². The zero-order valence-corrected chi connectivity index (χ0v) is 21.5. The minimum Gasteiger partial charge on any atom is -0.477 e. The van der Waals surface area contributed by atoms with Crippen molar-refractivity contribution >= 4 is 34.8 Å². The maximum Gasteiger partial charge on any atom is 0.348 e. The molecule has 1 saturated carbocycles. The van der Waals surface area contributed by atoms with E-state index in [2.05, 4.69) is 11.8 Å². The summed E-state index contributed by atoms with van der Waals surface area (Å²) in [4.78, 5) is 42.8. The summed E-state index contributed by atoms with van der Waals surface area (Å²) in [5.74, 6) is 4.52. The largest absolute Gasteiger partial charge is 0.477 e. The van der Waals surface area contributed by atoms with Gasteiger partial charge in [0.05, 0.1) is 10.6 Å². The Bertz CT molecular complexity index is 956. The van der Waals surface area contributed by atoms with E-state index >= 15 is 0 Å². The number of ether oxygens (including phenoxy) is 1. The summed E-state index contributed by atoms with van der Waals surface area (Å²) in [6.07, 6.45) is 6.08. The summed E-state index contributed by atoms with van der Waals surface area (Å²) in [6, 6.07) is 1.72. The fraction of sp³-hybridized carbons (Fsp3) is 0.654. The van der Waals surface area contributed by atoms with E-state index in [1.54, 1.807) is 18.0 Å². The minimum absolute atomic E-state index is 0.0453. The molecule has 0 spiro atoms. The van der Waals surface area contributed by atoms with Gasteiger partial charge in [0.15, 0.2) is 0 Å². The number of carbonyl (C=O) groups excluding carboxylic acids is 2. The quantitative estimate of drug-likeness (QED) is 0.600. The number of aromatic carboxylic acids is 1. The molecule has 3 rings (SSSR count). The second kappa shape index (κ2) is 11.4. The van der Waals surface area contributed by atoms with Crippen molar-refractivity contribution in [1.82, 2.24) is 4.90 Å². The van der Waals surface area contributed by atoms with Crippen molar-refractivity contribution in [3.63, 3.8) is 0 Å². The number of hydrogen-bond acceptors (Lipinski definition) is 5. The van der Waals surface area contributed by atoms with Crippen LogP contribution in [-0.4, -0.2) is 60.6 Å². The molecule has 186 valence electrons. The van der Waals surface area contributed by atoms with Crippen molar-refractivity contribution in [2.24, 2.45) is 11.3 Å². The minimum atomic E-state index is -1.12. The molecule has 2 aliphatic rings. The molecular weight excluding hydrogens is 452 g/mol. The Balaban J connectivity index is 1.94. The molecule has 1 aromatic heterocycles. The SMILES string of the molecule is CN(C(=O)CN(C(=O)C1CCCCC1)c1cc(C#CC(C)(C)C)sc1C(=O)O)C1CCOCC1. The van der Waals surface area contributed by atoms with Gasteiger partial charge in [0, 0.05) is 37.6 Å². The van der Waals surface area contributed by atoms with Crippen molar-refractivity contribution in [3.8, 4) is 11.8 Å². The average Bonchev–Trinajstić information content (AvgIpc) is 3.25. The number of carboxylic acids is 1. The second-order valence-electron chi connectivity index (χ2n) is 10.2. The highest BCUT2D eigenvalue weighted by atomic mass is 32.1. The van der Waals surface area contributed by atoms with E-state index in [9.17, 15) is 19.5 Å². The van der Waals surface area contributed by atoms with Gasteiger partial charge in [-0.1, -0.05) is 31.1 Å². The normalized spacial score (nSPS) is 17.5. The lowest BCUT2D eigenvalue weighted by molar-refractivity contribution is -0.134. The molecule has 8 heteroatoms. The number of thiophene rings is 1. The van der Waals surface area contributed by atoms with Crippen LogP contribution in [0.25, 0.3) is 0 Å². The van der Waals surface area contributed by atoms with E-state index in [0.29, 0.717) is 18.1 Å². The molecule has 2 heterocycles. The van der Waals surface area contributed by atoms with Gasteiger partial charge in [0.1, 0.15) is 11.4 Å². The first kappa shape index (κ1) is 26.2. The van der Waals surface area contributed by atoms with Crippen molar-refractivity contribution in [1.29, 1.82) is 0 Å². The van der Waals surface area contributed by atoms with Gasteiger partial charge in [-0.2, -0.15) is 0 Å². The monoisotopic (exact) mass is 488 g/mol. The summed E-state index contributed by atoms with van der Waals surface area (Å²) in [5.41, 5.74) is 0.0353. The standard InChI is InChI=1S/C26H36N2O5S/c1-26(2,3)13-10-20-16-21(23(34-20)25(31)32)28(24(30)18-8-6-5-7-9-18)17-22(29)27(4)19-11-14-33-15-12-19/h16,18-19H,5-9,11-12,14-15,17H2,1-4H3,(H,31,32). The number of likely N-dealkylation sites (N-methyl/N-ethyl adjacent to an activating group) is 1. The summed E-state index contributed by atoms with van der Waals surface area (Å²) in [6.45, 7) is 6.99. The van der Waals surface area contributed by atoms with Gasteiger partial charge >= 0.3 is 5.97 Å². The Labute approximate surface area is 206 Å². The van der Waals surface area contributed by atoms with Gasteiger partial charge in [-0.05, 0) is 52.5 Å². The number of carbonyl (C=O) groups is 3. The predicted molar refractivity (Wildman–Crippen MR) is 133 cm³/mol. The zero-order valence-electron chi connectivity index (χ0n) is 20.7. The highest BCUT2D eigenvalue weighted by Gasteiger charge is 2.33. The highest BCUT2D eigenvalue weighted by Crippen LogP contribution is 2.34. The van der Waals surface area contributed by atoms with Crippen LogP contribution in [0.3, 0.4) is 0 Å². The predicted octanol–water partition coefficient (Wildman–Crippen LogP) is 4.39. The lowest BCUT2D eigenvalue weighted by atomic mass is 9.88. The third-order valence-corrected chi connectivity index (χ3v) is 7.43. The van der Waals surface area contributed by atoms with E-state index in [1.807, 2.05) is 20.8 Å². The fourth-order valence-electron chi connectivity index (χ4n) is 4.42. The lowest BCUT2D eigenvalue weighted by Gasteiger charge is -2.34. The molecule has 2 fully saturated rings. The molecule has 2 amide bonds. The fourth-order valence-corrected chi connectivity index (χ4v) is 5.27. The lowest BCUT2D eigenvalue weighted by Crippen LogP contribution is -2.48. The first-order valence-electron chi connectivity index (χ1n) is 12.1. The summed E-state index contributed by atoms with van der Waals surface area (Å²) in [7, 11) is 1.76. The molecule has 0 aromatic carbocycles. The van der Waals surface area contributed by atoms with Gasteiger partial charge in [-0.25, -0.2) is 4.79 Å². The van der Waals surface area contributed by atoms with E-state index < -0.39 is 5.97 Å². The van der Waals surface area contributed by atoms with Gasteiger partial charge in [0.25, 0.3) is 0 Å². The molecule has 1 aliphatic heterocycles. The van der Waals surface area contributed by atoms with Crippen molar-refractivity contribution in [2.45, 2.75) is 71.8 Å². The van der Waals surface area contributed by atoms with Gasteiger partial charge in [-0.15, -0.1) is 11.3 Å². The number of amides is 2. The van der Waals surface area contributed by atoms with E-state index in [0.717, 1.165) is 56.3 Å². The topological polar surface area (TPSA) is 87.2 Å². The summed E-state index contributed by atoms with van der Waals surface area (Å²) >= 11 is 1.06. The number of anilines is 1. The number of carboxylic acid groups (broad SMARTS) is 1. The van der Waals surface area contributed by atoms with Crippen LogP contribution in [0, 0.1) is 23.2 Å². The molecule has 1 aromatic rings. The maximum absolute atomic E-state index is 13.6. The van der Waals surface area contributed by atoms with Crippen LogP contribution in [0.5, 0.6) is 0 Å². The van der Waals surface area contributed by atoms with Gasteiger partial charge < -0.3 is 19.6 Å². The Morgan fingerprint density at radius 1 is 1.12 bits per heavy atom. The van der Waals surface area contributed by atoms with E-state index in [4.69, 9.17) is 4.74 Å². The summed E-state index contributed by atoms with van der Waals surface area (Å²) < 4.78 is 5.41. The molecule has 0 unspecified atom stereocenters. The first-order valence-corrected chi connectivity index (χ1v) is 12.9. The van der Waals surface area contributed by atoms with Gasteiger partial charge in [-0.3, -0.25) is 9.59 Å². The zero-order chi connectivity index (χ0) is 24.9. The van der Waals surface area contributed by atoms with Crippen LogP contribution >= 0.6 is 11.3 Å². The van der Waals surface area contributed by atoms with Crippen LogP contribution in [0.2, 0.25) is 0 Å². The molecule has 34 heavy (non-hydrogen) atoms. The van der Waals surface area contributed by atoms with Crippen molar-refractivity contribution < 1.29 is 24.2 Å². The summed E-state index contributed by atoms with van der Waals surface area (Å²) in [5, 5.41) is 9.91. The molecule has 1 N–H and O–H groups in total. The smallest absolute Gasteiger partial charge is 0.348 e. The molecule has 1 saturated heterocycles. The van der Waals surface area contributed by atoms with Crippen LogP contribution in [0.1, 0.15) is 80.3 Å². The van der Waals surface area contributed by atoms with Crippen LogP contribution < -0.4 is 4.90 Å². The Hall–Kier alpha value is -2.37. The Morgan fingerprint density at radius 2 is 1.76 bits per heavy atom. The number of nitrogens with zero attached hydrogens (tertiary/aromatic N) is 2. The van der Waals surface area contributed by atoms with Crippen molar-refractivity contribution in [3.05, 3.63) is 15.8 Å². The first-order chi connectivity index (χ1) is 16.1. The Morgan fingerprint density at radius 3 is 2.35 bits per heavy atom. The van der Waals surface area contributed by atoms with Crippen LogP contribution in [0.15, 0.2) is 6.07 Å². The molecule has 0 bridgehead atoms. The van der Waals surface area contributed by atoms with E-state index in [-0.39, 0.29) is 46.3 Å². The third kappa shape index (κ3) is 6.83. The molecule has 0 radical (unpaired) electrons. The average molecular weight is 489 g/mol.